The second-order valence-corrected chi connectivity index (χ2v) is 14.3. The minimum Gasteiger partial charge on any atom is -0.470 e. The first-order valence-electron chi connectivity index (χ1n) is 13.4. The maximum Gasteiger partial charge on any atom is 0.274 e. The molecule has 1 saturated heterocycles. The quantitative estimate of drug-likeness (QED) is 0.284. The molecule has 3 heterocycles. The average molecular weight is 639 g/mol. The molecule has 0 saturated carbocycles. The number of carbonyl (C=O) groups is 2. The highest BCUT2D eigenvalue weighted by atomic mass is 32.2. The highest BCUT2D eigenvalue weighted by Crippen LogP contribution is 2.27. The maximum absolute atomic E-state index is 13.4. The number of halogens is 1. The molecule has 1 N–H and O–H groups in total. The Morgan fingerprint density at radius 3 is 2.25 bits per heavy atom. The lowest BCUT2D eigenvalue weighted by Gasteiger charge is -2.38. The van der Waals surface area contributed by atoms with Crippen LogP contribution < -0.4 is 10.1 Å². The first kappa shape index (κ1) is 30.8. The Hall–Kier alpha value is -4.69. The van der Waals surface area contributed by atoms with E-state index in [-0.39, 0.29) is 46.3 Å². The van der Waals surface area contributed by atoms with Crippen LogP contribution in [-0.2, 0) is 19.7 Å². The number of rotatable bonds is 8. The molecule has 1 aliphatic rings. The van der Waals surface area contributed by atoms with E-state index in [1.165, 1.54) is 47.8 Å². The van der Waals surface area contributed by atoms with Crippen molar-refractivity contribution in [3.8, 4) is 5.75 Å². The van der Waals surface area contributed by atoms with Gasteiger partial charge in [0.05, 0.1) is 27.6 Å². The molecule has 1 fully saturated rings. The summed E-state index contributed by atoms with van der Waals surface area (Å²) < 4.78 is 69.1. The normalized spacial score (nSPS) is 17.1. The lowest BCUT2D eigenvalue weighted by atomic mass is 10.1. The van der Waals surface area contributed by atoms with Crippen LogP contribution in [0, 0.1) is 5.82 Å². The predicted octanol–water partition coefficient (Wildman–Crippen LogP) is 3.76. The summed E-state index contributed by atoms with van der Waals surface area (Å²) in [6.45, 7) is 0.149. The summed E-state index contributed by atoms with van der Waals surface area (Å²) in [6, 6.07) is 18.5. The predicted molar refractivity (Wildman–Crippen MR) is 158 cm³/mol. The number of hydrogen-bond acceptors (Lipinski definition) is 9. The van der Waals surface area contributed by atoms with Crippen LogP contribution in [0.3, 0.4) is 0 Å². The Bertz CT molecular complexity index is 1870. The van der Waals surface area contributed by atoms with Crippen LogP contribution >= 0.6 is 0 Å². The van der Waals surface area contributed by atoms with Crippen molar-refractivity contribution in [3.63, 3.8) is 0 Å². The van der Waals surface area contributed by atoms with Gasteiger partial charge in [-0.15, -0.1) is 0 Å². The van der Waals surface area contributed by atoms with E-state index < -0.39 is 48.8 Å². The molecular weight excluding hydrogens is 611 g/mol. The standard InChI is InChI=1S/C30H27FN4O7S2/c1-43(38,39)25-15-16-35(28(17-25)42-23-5-3-2-4-6-23)30(37)20-7-13-26(32-18-20)29(36)34-22-10-14-27(33-19-22)44(40,41)24-11-8-21(31)9-12-24/h2-14,18-19,25,28H,15-17H2,1H3,(H,34,36). The fourth-order valence-corrected chi connectivity index (χ4v) is 6.87. The molecule has 14 heteroatoms. The summed E-state index contributed by atoms with van der Waals surface area (Å²) in [6.07, 6.45) is 3.11. The number of carbonyl (C=O) groups excluding carboxylic acids is 2. The Morgan fingerprint density at radius 1 is 0.909 bits per heavy atom. The van der Waals surface area contributed by atoms with Crippen LogP contribution in [-0.4, -0.2) is 67.8 Å². The molecule has 228 valence electrons. The third-order valence-corrected chi connectivity index (χ3v) is 10.3. The number of hydrogen-bond donors (Lipinski definition) is 1. The lowest BCUT2D eigenvalue weighted by Crippen LogP contribution is -2.51. The first-order valence-corrected chi connectivity index (χ1v) is 16.8. The second kappa shape index (κ2) is 12.5. The van der Waals surface area contributed by atoms with Gasteiger partial charge in [-0.05, 0) is 67.1 Å². The zero-order valence-corrected chi connectivity index (χ0v) is 25.0. The van der Waals surface area contributed by atoms with Gasteiger partial charge in [0, 0.05) is 25.4 Å². The summed E-state index contributed by atoms with van der Waals surface area (Å²) in [5.74, 6) is -1.14. The molecule has 44 heavy (non-hydrogen) atoms. The average Bonchev–Trinajstić information content (AvgIpc) is 3.01. The van der Waals surface area contributed by atoms with Crippen LogP contribution in [0.15, 0.2) is 101 Å². The van der Waals surface area contributed by atoms with Crippen LogP contribution in [0.4, 0.5) is 10.1 Å². The van der Waals surface area contributed by atoms with Crippen molar-refractivity contribution in [1.82, 2.24) is 14.9 Å². The number of pyridine rings is 2. The van der Waals surface area contributed by atoms with Crippen molar-refractivity contribution >= 4 is 37.2 Å². The van der Waals surface area contributed by atoms with E-state index in [0.717, 1.165) is 24.3 Å². The van der Waals surface area contributed by atoms with Gasteiger partial charge >= 0.3 is 0 Å². The van der Waals surface area contributed by atoms with Crippen molar-refractivity contribution in [3.05, 3.63) is 108 Å². The summed E-state index contributed by atoms with van der Waals surface area (Å²) in [5.41, 5.74) is 0.361. The Balaban J connectivity index is 1.26. The molecule has 0 spiro atoms. The van der Waals surface area contributed by atoms with E-state index in [1.54, 1.807) is 24.3 Å². The molecule has 2 aromatic heterocycles. The number of benzene rings is 2. The number of para-hydroxylation sites is 1. The highest BCUT2D eigenvalue weighted by molar-refractivity contribution is 7.91. The monoisotopic (exact) mass is 638 g/mol. The number of likely N-dealkylation sites (tertiary alicyclic amines) is 1. The zero-order chi connectivity index (χ0) is 31.5. The van der Waals surface area contributed by atoms with Crippen LogP contribution in [0.5, 0.6) is 5.75 Å². The minimum absolute atomic E-state index is 0.0163. The largest absolute Gasteiger partial charge is 0.470 e. The number of amides is 2. The van der Waals surface area contributed by atoms with Crippen molar-refractivity contribution in [2.24, 2.45) is 0 Å². The van der Waals surface area contributed by atoms with E-state index in [2.05, 4.69) is 15.3 Å². The number of nitrogens with one attached hydrogen (secondary N) is 1. The Kier molecular flexibility index (Phi) is 8.74. The highest BCUT2D eigenvalue weighted by Gasteiger charge is 2.37. The van der Waals surface area contributed by atoms with Crippen molar-refractivity contribution in [2.75, 3.05) is 18.1 Å². The molecule has 1 aliphatic heterocycles. The third-order valence-electron chi connectivity index (χ3n) is 7.02. The maximum atomic E-state index is 13.4. The number of ether oxygens (including phenoxy) is 1. The van der Waals surface area contributed by atoms with E-state index in [4.69, 9.17) is 4.74 Å². The van der Waals surface area contributed by atoms with Gasteiger partial charge in [-0.2, -0.15) is 0 Å². The molecule has 2 unspecified atom stereocenters. The van der Waals surface area contributed by atoms with E-state index in [1.807, 2.05) is 6.07 Å². The van der Waals surface area contributed by atoms with Crippen LogP contribution in [0.2, 0.25) is 0 Å². The minimum atomic E-state index is -3.99. The fourth-order valence-electron chi connectivity index (χ4n) is 4.65. The van der Waals surface area contributed by atoms with Crippen molar-refractivity contribution in [2.45, 2.75) is 34.2 Å². The molecule has 5 rings (SSSR count). The van der Waals surface area contributed by atoms with Gasteiger partial charge < -0.3 is 15.0 Å². The SMILES string of the molecule is CS(=O)(=O)C1CCN(C(=O)c2ccc(C(=O)Nc3ccc(S(=O)(=O)c4ccc(F)cc4)nc3)nc2)C(Oc2ccccc2)C1. The molecule has 0 bridgehead atoms. The molecule has 2 atom stereocenters. The molecule has 0 aliphatic carbocycles. The Morgan fingerprint density at radius 2 is 1.64 bits per heavy atom. The molecule has 0 radical (unpaired) electrons. The second-order valence-electron chi connectivity index (χ2n) is 10.1. The Labute approximate surface area is 253 Å². The van der Waals surface area contributed by atoms with E-state index >= 15 is 0 Å². The molecule has 4 aromatic rings. The number of nitrogens with zero attached hydrogens (tertiary/aromatic N) is 3. The zero-order valence-electron chi connectivity index (χ0n) is 23.3. The summed E-state index contributed by atoms with van der Waals surface area (Å²) in [5, 5.41) is 1.63. The first-order chi connectivity index (χ1) is 20.9. The molecule has 2 aromatic carbocycles. The van der Waals surface area contributed by atoms with E-state index in [0.29, 0.717) is 5.75 Å². The molecule has 2 amide bonds. The number of piperidine rings is 1. The van der Waals surface area contributed by atoms with Gasteiger partial charge in [-0.1, -0.05) is 18.2 Å². The van der Waals surface area contributed by atoms with Crippen LogP contribution in [0.1, 0.15) is 33.7 Å². The van der Waals surface area contributed by atoms with Gasteiger partial charge in [-0.3, -0.25) is 14.6 Å². The number of aromatic nitrogens is 2. The molecular formula is C30H27FN4O7S2. The summed E-state index contributed by atoms with van der Waals surface area (Å²) in [7, 11) is -7.34. The topological polar surface area (TPSA) is 153 Å². The van der Waals surface area contributed by atoms with Gasteiger partial charge in [0.1, 0.15) is 17.3 Å². The number of sulfone groups is 2. The van der Waals surface area contributed by atoms with E-state index in [9.17, 15) is 30.8 Å². The number of anilines is 1. The van der Waals surface area contributed by atoms with Gasteiger partial charge in [0.2, 0.25) is 9.84 Å². The van der Waals surface area contributed by atoms with Crippen molar-refractivity contribution < 1.29 is 35.6 Å². The third kappa shape index (κ3) is 6.92. The lowest BCUT2D eigenvalue weighted by molar-refractivity contribution is 0.00349. The van der Waals surface area contributed by atoms with Gasteiger partial charge in [-0.25, -0.2) is 26.2 Å². The van der Waals surface area contributed by atoms with Gasteiger partial charge in [0.25, 0.3) is 11.8 Å². The van der Waals surface area contributed by atoms with Crippen molar-refractivity contribution in [1.29, 1.82) is 0 Å². The fraction of sp³-hybridized carbons (Fsp3) is 0.200. The smallest absolute Gasteiger partial charge is 0.274 e. The van der Waals surface area contributed by atoms with Gasteiger partial charge in [0.15, 0.2) is 21.1 Å². The molecule has 11 nitrogen and oxygen atoms in total. The summed E-state index contributed by atoms with van der Waals surface area (Å²) in [4.78, 5) is 35.6. The summed E-state index contributed by atoms with van der Waals surface area (Å²) >= 11 is 0. The van der Waals surface area contributed by atoms with Crippen LogP contribution in [0.25, 0.3) is 0 Å².